The molecule has 2 unspecified atom stereocenters. The Morgan fingerprint density at radius 1 is 1.31 bits per heavy atom. The van der Waals surface area contributed by atoms with Crippen LogP contribution in [0.4, 0.5) is 0 Å². The Morgan fingerprint density at radius 2 is 1.69 bits per heavy atom. The van der Waals surface area contributed by atoms with Gasteiger partial charge in [-0.15, -0.1) is 0 Å². The molecule has 0 spiro atoms. The Balaban J connectivity index is 0. The Labute approximate surface area is 101 Å². The molecule has 5 nitrogen and oxygen atoms in total. The van der Waals surface area contributed by atoms with Crippen LogP contribution >= 0.6 is 0 Å². The minimum atomic E-state index is -2.08. The van der Waals surface area contributed by atoms with Crippen LogP contribution in [0.1, 0.15) is 27.2 Å². The number of nitrogens with one attached hydrogen (secondary N) is 1. The van der Waals surface area contributed by atoms with Crippen molar-refractivity contribution in [2.75, 3.05) is 20.8 Å². The van der Waals surface area contributed by atoms with Crippen LogP contribution in [0.25, 0.3) is 0 Å². The molecule has 0 amide bonds. The molecule has 0 fully saturated rings. The third kappa shape index (κ3) is 7.32. The van der Waals surface area contributed by atoms with Gasteiger partial charge in [-0.25, -0.2) is 0 Å². The van der Waals surface area contributed by atoms with E-state index in [0.29, 0.717) is 0 Å². The first-order chi connectivity index (χ1) is 7.41. The van der Waals surface area contributed by atoms with Crippen molar-refractivity contribution in [3.05, 3.63) is 0 Å². The molecule has 2 atom stereocenters. The Morgan fingerprint density at radius 3 is 1.88 bits per heavy atom. The highest BCUT2D eigenvalue weighted by Crippen LogP contribution is 2.13. The van der Waals surface area contributed by atoms with Crippen LogP contribution in [0.3, 0.4) is 0 Å². The molecule has 100 valence electrons. The molecular formula is C10H28N2O3Si. The number of hydrogen-bond acceptors (Lipinski definition) is 5. The largest absolute Gasteiger partial charge is 0.397 e. The molecule has 0 heterocycles. The average Bonchev–Trinajstić information content (AvgIpc) is 2.25. The molecule has 0 aromatic heterocycles. The molecular weight excluding hydrogens is 224 g/mol. The van der Waals surface area contributed by atoms with Crippen molar-refractivity contribution < 1.29 is 14.0 Å². The molecule has 6 heteroatoms. The van der Waals surface area contributed by atoms with E-state index in [2.05, 4.69) is 12.2 Å². The second-order valence-corrected chi connectivity index (χ2v) is 7.20. The molecule has 0 aromatic rings. The van der Waals surface area contributed by atoms with Gasteiger partial charge in [0.15, 0.2) is 0 Å². The third-order valence-electron chi connectivity index (χ3n) is 2.32. The Hall–Kier alpha value is 0.0169. The van der Waals surface area contributed by atoms with E-state index >= 15 is 0 Å². The zero-order chi connectivity index (χ0) is 13.2. The van der Waals surface area contributed by atoms with Gasteiger partial charge in [-0.3, -0.25) is 5.32 Å². The summed E-state index contributed by atoms with van der Waals surface area (Å²) in [5, 5.41) is 10.8. The van der Waals surface area contributed by atoms with Gasteiger partial charge in [0.1, 0.15) is 0 Å². The highest BCUT2D eigenvalue weighted by atomic mass is 28.4. The molecule has 0 bridgehead atoms. The van der Waals surface area contributed by atoms with Crippen LogP contribution in [-0.4, -0.2) is 46.3 Å². The summed E-state index contributed by atoms with van der Waals surface area (Å²) in [4.78, 5) is 0. The molecule has 0 saturated carbocycles. The van der Waals surface area contributed by atoms with Crippen molar-refractivity contribution in [1.82, 2.24) is 5.32 Å². The molecule has 0 aliphatic carbocycles. The second kappa shape index (κ2) is 10.2. The lowest BCUT2D eigenvalue weighted by Crippen LogP contribution is -2.59. The minimum Gasteiger partial charge on any atom is -0.397 e. The van der Waals surface area contributed by atoms with Gasteiger partial charge in [0.05, 0.1) is 11.8 Å². The van der Waals surface area contributed by atoms with Gasteiger partial charge in [-0.05, 0) is 26.8 Å². The van der Waals surface area contributed by atoms with Gasteiger partial charge in [0.25, 0.3) is 0 Å². The van der Waals surface area contributed by atoms with Crippen molar-refractivity contribution in [3.63, 3.8) is 0 Å². The Bertz CT molecular complexity index is 155. The second-order valence-electron chi connectivity index (χ2n) is 3.66. The minimum absolute atomic E-state index is 0.0259. The summed E-state index contributed by atoms with van der Waals surface area (Å²) in [5.74, 6) is 0. The van der Waals surface area contributed by atoms with Crippen molar-refractivity contribution in [2.45, 2.75) is 45.6 Å². The topological polar surface area (TPSA) is 76.7 Å². The first-order valence-corrected chi connectivity index (χ1v) is 8.03. The van der Waals surface area contributed by atoms with Gasteiger partial charge in [0.2, 0.25) is 0 Å². The fourth-order valence-electron chi connectivity index (χ4n) is 1.33. The number of nitrogens with two attached hydrogens (primary N) is 1. The molecule has 4 N–H and O–H groups in total. The lowest BCUT2D eigenvalue weighted by molar-refractivity contribution is 0.225. The number of hydrogen-bond donors (Lipinski definition) is 3. The molecule has 0 rings (SSSR count). The summed E-state index contributed by atoms with van der Waals surface area (Å²) in [7, 11) is 1.31. The van der Waals surface area contributed by atoms with Crippen LogP contribution in [0.15, 0.2) is 0 Å². The normalized spacial score (nSPS) is 15.0. The van der Waals surface area contributed by atoms with Gasteiger partial charge in [0, 0.05) is 20.8 Å². The number of aliphatic hydroxyl groups is 1. The van der Waals surface area contributed by atoms with E-state index < -0.39 is 8.56 Å². The summed E-state index contributed by atoms with van der Waals surface area (Å²) in [5.41, 5.74) is 5.91. The van der Waals surface area contributed by atoms with Crippen LogP contribution in [-0.2, 0) is 8.85 Å². The third-order valence-corrected chi connectivity index (χ3v) is 5.78. The maximum atomic E-state index is 7.57. The van der Waals surface area contributed by atoms with E-state index in [1.807, 2.05) is 13.5 Å². The zero-order valence-corrected chi connectivity index (χ0v) is 12.4. The first kappa shape index (κ1) is 18.4. The molecule has 0 aliphatic heterocycles. The van der Waals surface area contributed by atoms with E-state index in [4.69, 9.17) is 19.7 Å². The molecule has 0 saturated heterocycles. The number of rotatable bonds is 6. The van der Waals surface area contributed by atoms with Crippen LogP contribution in [0.5, 0.6) is 0 Å². The monoisotopic (exact) mass is 252 g/mol. The van der Waals surface area contributed by atoms with Crippen molar-refractivity contribution in [2.24, 2.45) is 5.73 Å². The quantitative estimate of drug-likeness (QED) is 0.476. The number of aliphatic hydroxyl groups excluding tert-OH is 1. The predicted molar refractivity (Wildman–Crippen MR) is 69.3 cm³/mol. The van der Waals surface area contributed by atoms with Crippen molar-refractivity contribution in [3.8, 4) is 0 Å². The van der Waals surface area contributed by atoms with E-state index in [1.165, 1.54) is 0 Å². The van der Waals surface area contributed by atoms with Gasteiger partial charge < -0.3 is 19.7 Å². The van der Waals surface area contributed by atoms with Crippen molar-refractivity contribution in [1.29, 1.82) is 0 Å². The summed E-state index contributed by atoms with van der Waals surface area (Å²) < 4.78 is 10.9. The van der Waals surface area contributed by atoms with E-state index in [9.17, 15) is 0 Å². The zero-order valence-electron chi connectivity index (χ0n) is 11.4. The summed E-state index contributed by atoms with van der Waals surface area (Å²) in [6.07, 6.45) is 0.938. The van der Waals surface area contributed by atoms with Crippen LogP contribution < -0.4 is 11.1 Å². The summed E-state index contributed by atoms with van der Waals surface area (Å²) in [6.45, 7) is 7.99. The fourth-order valence-corrected chi connectivity index (χ4v) is 3.37. The summed E-state index contributed by atoms with van der Waals surface area (Å²) >= 11 is 0. The van der Waals surface area contributed by atoms with E-state index in [-0.39, 0.29) is 18.4 Å². The summed E-state index contributed by atoms with van der Waals surface area (Å²) in [6, 6.07) is 0. The molecule has 16 heavy (non-hydrogen) atoms. The van der Waals surface area contributed by atoms with Crippen LogP contribution in [0, 0.1) is 0 Å². The van der Waals surface area contributed by atoms with E-state index in [0.717, 1.165) is 6.42 Å². The highest BCUT2D eigenvalue weighted by Gasteiger charge is 2.38. The van der Waals surface area contributed by atoms with Crippen LogP contribution in [0.2, 0.25) is 6.55 Å². The van der Waals surface area contributed by atoms with Crippen molar-refractivity contribution >= 4 is 8.56 Å². The average molecular weight is 252 g/mol. The predicted octanol–water partition coefficient (Wildman–Crippen LogP) is 0.562. The molecule has 0 radical (unpaired) electrons. The maximum Gasteiger partial charge on any atom is 0.351 e. The molecule has 0 aliphatic rings. The lowest BCUT2D eigenvalue weighted by Gasteiger charge is -2.33. The molecule has 0 aromatic carbocycles. The smallest absolute Gasteiger partial charge is 0.351 e. The van der Waals surface area contributed by atoms with E-state index in [1.54, 1.807) is 21.1 Å². The van der Waals surface area contributed by atoms with Gasteiger partial charge >= 0.3 is 8.56 Å². The lowest BCUT2D eigenvalue weighted by atomic mass is 10.4. The standard InChI is InChI=1S/C8H22N2O2Si.C2H6O/c1-6-8(10-7(2)9)13(5,11-3)12-4;1-2-3/h7-8,10H,6,9H2,1-5H3;3H,2H2,1H3. The fraction of sp³-hybridized carbons (Fsp3) is 1.00. The first-order valence-electron chi connectivity index (χ1n) is 5.64. The Kier molecular flexibility index (Phi) is 11.7. The maximum absolute atomic E-state index is 7.57. The van der Waals surface area contributed by atoms with Gasteiger partial charge in [-0.1, -0.05) is 6.92 Å². The highest BCUT2D eigenvalue weighted by molar-refractivity contribution is 6.67. The SMILES string of the molecule is CCC(NC(C)N)[Si](C)(OC)OC.CCO. The van der Waals surface area contributed by atoms with Gasteiger partial charge in [-0.2, -0.15) is 0 Å².